The standard InChI is InChI=1S/C14H33NP2/c1-10(2)16(11(3)4)14(9,15)17(12(5)6)13(7)8/h10-13H,15H2,1-9H3. The molecule has 0 amide bonds. The first-order valence-corrected chi connectivity index (χ1v) is 9.85. The monoisotopic (exact) mass is 277 g/mol. The minimum atomic E-state index is -0.120. The molecule has 0 aliphatic rings. The number of nitrogens with two attached hydrogens (primary N) is 1. The maximum absolute atomic E-state index is 6.87. The van der Waals surface area contributed by atoms with Crippen LogP contribution in [0.4, 0.5) is 0 Å². The van der Waals surface area contributed by atoms with E-state index in [4.69, 9.17) is 5.73 Å². The molecule has 0 aliphatic heterocycles. The van der Waals surface area contributed by atoms with Crippen molar-refractivity contribution in [1.82, 2.24) is 0 Å². The van der Waals surface area contributed by atoms with Crippen LogP contribution in [0.15, 0.2) is 0 Å². The fourth-order valence-corrected chi connectivity index (χ4v) is 13.8. The lowest BCUT2D eigenvalue weighted by molar-refractivity contribution is 0.829. The van der Waals surface area contributed by atoms with Crippen LogP contribution >= 0.6 is 15.8 Å². The minimum absolute atomic E-state index is 0.0509. The molecule has 0 saturated carbocycles. The molecule has 0 fully saturated rings. The van der Waals surface area contributed by atoms with Gasteiger partial charge in [-0.15, -0.1) is 0 Å². The molecule has 0 unspecified atom stereocenters. The maximum Gasteiger partial charge on any atom is 0.0533 e. The van der Waals surface area contributed by atoms with Crippen molar-refractivity contribution in [2.75, 3.05) is 0 Å². The Balaban J connectivity index is 5.30. The summed E-state index contributed by atoms with van der Waals surface area (Å²) in [5.41, 5.74) is 9.76. The van der Waals surface area contributed by atoms with Crippen LogP contribution in [0.1, 0.15) is 62.3 Å². The van der Waals surface area contributed by atoms with E-state index >= 15 is 0 Å². The molecule has 0 aromatic rings. The van der Waals surface area contributed by atoms with Crippen LogP contribution in [0.5, 0.6) is 0 Å². The molecule has 0 radical (unpaired) electrons. The van der Waals surface area contributed by atoms with E-state index in [1.807, 2.05) is 0 Å². The van der Waals surface area contributed by atoms with E-state index in [1.165, 1.54) is 0 Å². The first-order valence-electron chi connectivity index (χ1n) is 6.89. The van der Waals surface area contributed by atoms with E-state index < -0.39 is 0 Å². The maximum atomic E-state index is 6.87. The summed E-state index contributed by atoms with van der Waals surface area (Å²) in [6, 6.07) is 0. The third kappa shape index (κ3) is 4.45. The van der Waals surface area contributed by atoms with Gasteiger partial charge in [-0.1, -0.05) is 71.2 Å². The normalized spacial score (nSPS) is 14.1. The fraction of sp³-hybridized carbons (Fsp3) is 1.00. The molecule has 0 aliphatic carbocycles. The highest BCUT2D eigenvalue weighted by Gasteiger charge is 2.42. The summed E-state index contributed by atoms with van der Waals surface area (Å²) in [7, 11) is -0.239. The first-order chi connectivity index (χ1) is 7.53. The van der Waals surface area contributed by atoms with Gasteiger partial charge < -0.3 is 5.73 Å². The van der Waals surface area contributed by atoms with Crippen molar-refractivity contribution in [3.63, 3.8) is 0 Å². The second-order valence-electron chi connectivity index (χ2n) is 6.28. The van der Waals surface area contributed by atoms with Crippen molar-refractivity contribution in [2.45, 2.75) is 90.0 Å². The van der Waals surface area contributed by atoms with E-state index in [0.717, 1.165) is 22.6 Å². The number of rotatable bonds is 6. The van der Waals surface area contributed by atoms with E-state index in [-0.39, 0.29) is 20.9 Å². The Morgan fingerprint density at radius 3 is 0.941 bits per heavy atom. The van der Waals surface area contributed by atoms with Gasteiger partial charge in [-0.2, -0.15) is 0 Å². The lowest BCUT2D eigenvalue weighted by atomic mass is 10.5. The molecule has 104 valence electrons. The van der Waals surface area contributed by atoms with Gasteiger partial charge >= 0.3 is 0 Å². The van der Waals surface area contributed by atoms with Crippen LogP contribution in [0.25, 0.3) is 0 Å². The molecule has 0 aromatic carbocycles. The Morgan fingerprint density at radius 1 is 0.647 bits per heavy atom. The zero-order chi connectivity index (χ0) is 14.0. The van der Waals surface area contributed by atoms with Crippen LogP contribution in [0.2, 0.25) is 0 Å². The van der Waals surface area contributed by atoms with Gasteiger partial charge in [0.15, 0.2) is 0 Å². The summed E-state index contributed by atoms with van der Waals surface area (Å²) in [5, 5.41) is 0.0509. The van der Waals surface area contributed by atoms with Gasteiger partial charge in [0, 0.05) is 0 Å². The molecule has 17 heavy (non-hydrogen) atoms. The largest absolute Gasteiger partial charge is 0.318 e. The summed E-state index contributed by atoms with van der Waals surface area (Å²) in [6.07, 6.45) is 0. The van der Waals surface area contributed by atoms with E-state index in [2.05, 4.69) is 62.3 Å². The van der Waals surface area contributed by atoms with Crippen molar-refractivity contribution in [2.24, 2.45) is 5.73 Å². The lowest BCUT2D eigenvalue weighted by Crippen LogP contribution is -2.40. The summed E-state index contributed by atoms with van der Waals surface area (Å²) < 4.78 is 0. The van der Waals surface area contributed by atoms with Gasteiger partial charge in [-0.25, -0.2) is 0 Å². The van der Waals surface area contributed by atoms with E-state index in [0.29, 0.717) is 0 Å². The van der Waals surface area contributed by atoms with Crippen molar-refractivity contribution in [3.8, 4) is 0 Å². The Bertz CT molecular complexity index is 184. The van der Waals surface area contributed by atoms with Gasteiger partial charge in [-0.05, 0) is 29.6 Å². The molecule has 0 heterocycles. The van der Waals surface area contributed by atoms with Crippen molar-refractivity contribution >= 4 is 15.8 Å². The molecule has 0 bridgehead atoms. The molecular formula is C14H33NP2. The van der Waals surface area contributed by atoms with Crippen molar-refractivity contribution in [3.05, 3.63) is 0 Å². The highest BCUT2D eigenvalue weighted by Crippen LogP contribution is 2.71. The molecule has 1 nitrogen and oxygen atoms in total. The van der Waals surface area contributed by atoms with E-state index in [9.17, 15) is 0 Å². The van der Waals surface area contributed by atoms with Gasteiger partial charge in [-0.3, -0.25) is 0 Å². The van der Waals surface area contributed by atoms with Crippen LogP contribution in [-0.4, -0.2) is 27.7 Å². The molecule has 0 atom stereocenters. The van der Waals surface area contributed by atoms with E-state index in [1.54, 1.807) is 0 Å². The fourth-order valence-electron chi connectivity index (χ4n) is 3.42. The number of hydrogen-bond donors (Lipinski definition) is 1. The molecular weight excluding hydrogens is 244 g/mol. The highest BCUT2D eigenvalue weighted by molar-refractivity contribution is 7.78. The second-order valence-corrected chi connectivity index (χ2v) is 14.3. The minimum Gasteiger partial charge on any atom is -0.318 e. The molecule has 0 spiro atoms. The van der Waals surface area contributed by atoms with Crippen molar-refractivity contribution in [1.29, 1.82) is 0 Å². The summed E-state index contributed by atoms with van der Waals surface area (Å²) in [4.78, 5) is 0. The molecule has 0 saturated heterocycles. The SMILES string of the molecule is CC(C)P(C(C)C)C(C)(N)P(C(C)C)C(C)C. The molecule has 2 N–H and O–H groups in total. The van der Waals surface area contributed by atoms with Crippen LogP contribution in [-0.2, 0) is 0 Å². The summed E-state index contributed by atoms with van der Waals surface area (Å²) >= 11 is 0. The zero-order valence-electron chi connectivity index (χ0n) is 13.3. The Morgan fingerprint density at radius 2 is 0.824 bits per heavy atom. The van der Waals surface area contributed by atoms with Crippen LogP contribution in [0, 0.1) is 0 Å². The third-order valence-corrected chi connectivity index (χ3v) is 11.2. The smallest absolute Gasteiger partial charge is 0.0533 e. The van der Waals surface area contributed by atoms with Gasteiger partial charge in [0.05, 0.1) is 5.02 Å². The first kappa shape index (κ1) is 17.8. The Kier molecular flexibility index (Phi) is 7.16. The van der Waals surface area contributed by atoms with Crippen LogP contribution < -0.4 is 5.73 Å². The number of hydrogen-bond acceptors (Lipinski definition) is 1. The second kappa shape index (κ2) is 6.83. The molecule has 3 heteroatoms. The topological polar surface area (TPSA) is 26.0 Å². The van der Waals surface area contributed by atoms with Crippen molar-refractivity contribution < 1.29 is 0 Å². The third-order valence-electron chi connectivity index (χ3n) is 3.27. The highest BCUT2D eigenvalue weighted by atomic mass is 31.2. The zero-order valence-corrected chi connectivity index (χ0v) is 15.1. The van der Waals surface area contributed by atoms with Gasteiger partial charge in [0.1, 0.15) is 0 Å². The van der Waals surface area contributed by atoms with Crippen LogP contribution in [0.3, 0.4) is 0 Å². The van der Waals surface area contributed by atoms with Gasteiger partial charge in [0.25, 0.3) is 0 Å². The van der Waals surface area contributed by atoms with Gasteiger partial charge in [0.2, 0.25) is 0 Å². The molecule has 0 rings (SSSR count). The summed E-state index contributed by atoms with van der Waals surface area (Å²) in [5.74, 6) is 0. The lowest BCUT2D eigenvalue weighted by Gasteiger charge is -2.49. The molecule has 0 aromatic heterocycles. The quantitative estimate of drug-likeness (QED) is 0.662. The summed E-state index contributed by atoms with van der Waals surface area (Å²) in [6.45, 7) is 21.2. The predicted molar refractivity (Wildman–Crippen MR) is 87.0 cm³/mol. The Hall–Kier alpha value is 0.820. The predicted octanol–water partition coefficient (Wildman–Crippen LogP) is 5.22. The Labute approximate surface area is 112 Å². The average Bonchev–Trinajstić information content (AvgIpc) is 1.96. The average molecular weight is 277 g/mol.